The molecule has 0 saturated carbocycles. The Morgan fingerprint density at radius 3 is 2.59 bits per heavy atom. The molecule has 0 radical (unpaired) electrons. The summed E-state index contributed by atoms with van der Waals surface area (Å²) in [5.74, 6) is 2.10. The van der Waals surface area contributed by atoms with Crippen LogP contribution in [0, 0.1) is 12.8 Å². The fourth-order valence-corrected chi connectivity index (χ4v) is 6.31. The number of nitrogens with zero attached hydrogens (tertiary/aromatic N) is 1. The topological polar surface area (TPSA) is 57.2 Å². The summed E-state index contributed by atoms with van der Waals surface area (Å²) in [4.78, 5) is 14.2. The summed E-state index contributed by atoms with van der Waals surface area (Å²) in [6.07, 6.45) is 3.49. The van der Waals surface area contributed by atoms with Gasteiger partial charge in [0.05, 0.1) is 31.3 Å². The number of halogens is 1. The fourth-order valence-electron chi connectivity index (χ4n) is 6.07. The molecule has 5 rings (SSSR count). The third-order valence-corrected chi connectivity index (χ3v) is 8.43. The Morgan fingerprint density at radius 2 is 1.80 bits per heavy atom. The molecular formula is C34H40ClNO5. The van der Waals surface area contributed by atoms with E-state index in [1.54, 1.807) is 0 Å². The van der Waals surface area contributed by atoms with Gasteiger partial charge >= 0.3 is 5.97 Å². The van der Waals surface area contributed by atoms with Gasteiger partial charge in [0, 0.05) is 24.7 Å². The molecule has 6 nitrogen and oxygen atoms in total. The molecule has 41 heavy (non-hydrogen) atoms. The number of fused-ring (bicyclic) bond motifs is 1. The first-order valence-electron chi connectivity index (χ1n) is 14.7. The predicted octanol–water partition coefficient (Wildman–Crippen LogP) is 7.56. The zero-order valence-corrected chi connectivity index (χ0v) is 25.3. The maximum absolute atomic E-state index is 12.0. The fraction of sp³-hybridized carbons (Fsp3) is 0.441. The van der Waals surface area contributed by atoms with E-state index in [9.17, 15) is 4.79 Å². The van der Waals surface area contributed by atoms with Crippen LogP contribution in [0.15, 0.2) is 48.5 Å². The van der Waals surface area contributed by atoms with Crippen LogP contribution in [0.1, 0.15) is 61.5 Å². The van der Waals surface area contributed by atoms with Gasteiger partial charge in [0.15, 0.2) is 0 Å². The molecule has 0 amide bonds. The maximum Gasteiger partial charge on any atom is 0.310 e. The monoisotopic (exact) mass is 577 g/mol. The molecule has 0 bridgehead atoms. The molecular weight excluding hydrogens is 538 g/mol. The normalized spacial score (nSPS) is 18.3. The molecule has 0 aromatic heterocycles. The molecule has 0 N–H and O–H groups in total. The van der Waals surface area contributed by atoms with Crippen LogP contribution in [-0.2, 0) is 22.5 Å². The number of rotatable bonds is 11. The van der Waals surface area contributed by atoms with Crippen LogP contribution in [-0.4, -0.2) is 44.3 Å². The molecule has 218 valence electrons. The highest BCUT2D eigenvalue weighted by molar-refractivity contribution is 6.32. The van der Waals surface area contributed by atoms with Gasteiger partial charge in [0.25, 0.3) is 0 Å². The van der Waals surface area contributed by atoms with Gasteiger partial charge in [-0.1, -0.05) is 48.9 Å². The Kier molecular flexibility index (Phi) is 9.41. The first-order chi connectivity index (χ1) is 19.9. The van der Waals surface area contributed by atoms with E-state index in [1.165, 1.54) is 29.4 Å². The second-order valence-corrected chi connectivity index (χ2v) is 11.3. The Balaban J connectivity index is 1.37. The second kappa shape index (κ2) is 13.2. The molecule has 7 heteroatoms. The van der Waals surface area contributed by atoms with E-state index in [2.05, 4.69) is 49.1 Å². The van der Waals surface area contributed by atoms with E-state index in [1.807, 2.05) is 25.1 Å². The van der Waals surface area contributed by atoms with Crippen LogP contribution < -0.4 is 14.2 Å². The van der Waals surface area contributed by atoms with Gasteiger partial charge in [0.2, 0.25) is 0 Å². The van der Waals surface area contributed by atoms with E-state index in [-0.39, 0.29) is 18.0 Å². The van der Waals surface area contributed by atoms with Crippen molar-refractivity contribution in [3.05, 3.63) is 75.8 Å². The number of esters is 1. The highest BCUT2D eigenvalue weighted by Gasteiger charge is 2.31. The summed E-state index contributed by atoms with van der Waals surface area (Å²) in [5, 5.41) is 0.563. The van der Waals surface area contributed by atoms with Crippen molar-refractivity contribution in [1.29, 1.82) is 0 Å². The van der Waals surface area contributed by atoms with Crippen molar-refractivity contribution >= 4 is 17.6 Å². The second-order valence-electron chi connectivity index (χ2n) is 10.9. The average Bonchev–Trinajstić information content (AvgIpc) is 3.62. The summed E-state index contributed by atoms with van der Waals surface area (Å²) < 4.78 is 23.6. The van der Waals surface area contributed by atoms with Crippen LogP contribution in [0.5, 0.6) is 17.2 Å². The largest absolute Gasteiger partial charge is 0.493 e. The van der Waals surface area contributed by atoms with Crippen molar-refractivity contribution in [1.82, 2.24) is 4.90 Å². The zero-order chi connectivity index (χ0) is 28.9. The standard InChI is InChI=1S/C34H40ClNO5/c1-5-17-40-30-12-8-9-25(22(30)3)26-10-7-11-28-27(26)13-14-31(28)41-33-19-32(39-6-2)24(18-29(33)35)21-36-16-15-23(20-36)34(37)38-4/h7-12,18-19,23,31H,5-6,13-17,20-21H2,1-4H3/t23?,31-/m0/s1. The third kappa shape index (κ3) is 6.34. The lowest BCUT2D eigenvalue weighted by molar-refractivity contribution is -0.144. The van der Waals surface area contributed by atoms with E-state index in [4.69, 9.17) is 30.5 Å². The first kappa shape index (κ1) is 29.3. The van der Waals surface area contributed by atoms with Crippen LogP contribution >= 0.6 is 11.6 Å². The summed E-state index contributed by atoms with van der Waals surface area (Å²) in [5.41, 5.74) is 7.11. The molecule has 3 aromatic carbocycles. The van der Waals surface area contributed by atoms with Crippen LogP contribution in [0.25, 0.3) is 11.1 Å². The van der Waals surface area contributed by atoms with Gasteiger partial charge in [0.1, 0.15) is 23.4 Å². The molecule has 1 saturated heterocycles. The molecule has 1 heterocycles. The smallest absolute Gasteiger partial charge is 0.310 e. The van der Waals surface area contributed by atoms with Crippen molar-refractivity contribution < 1.29 is 23.7 Å². The number of hydrogen-bond acceptors (Lipinski definition) is 6. The Labute approximate surface area is 248 Å². The summed E-state index contributed by atoms with van der Waals surface area (Å²) >= 11 is 6.81. The molecule has 2 atom stereocenters. The Morgan fingerprint density at radius 1 is 1.00 bits per heavy atom. The van der Waals surface area contributed by atoms with Crippen LogP contribution in [0.3, 0.4) is 0 Å². The SMILES string of the molecule is CCCOc1cccc(-c2cccc3c2CC[C@@H]3Oc2cc(OCC)c(CN3CCC(C(=O)OC)C3)cc2Cl)c1C. The van der Waals surface area contributed by atoms with Crippen molar-refractivity contribution in [3.63, 3.8) is 0 Å². The number of benzene rings is 3. The van der Waals surface area contributed by atoms with Gasteiger partial charge in [-0.3, -0.25) is 9.69 Å². The number of methoxy groups -OCH3 is 1. The minimum Gasteiger partial charge on any atom is -0.493 e. The number of hydrogen-bond donors (Lipinski definition) is 0. The van der Waals surface area contributed by atoms with Gasteiger partial charge in [-0.25, -0.2) is 0 Å². The maximum atomic E-state index is 12.0. The Bertz CT molecular complexity index is 1390. The first-order valence-corrected chi connectivity index (χ1v) is 15.1. The van der Waals surface area contributed by atoms with Gasteiger partial charge < -0.3 is 18.9 Å². The minimum atomic E-state index is -0.146. The lowest BCUT2D eigenvalue weighted by Gasteiger charge is -2.21. The lowest BCUT2D eigenvalue weighted by Crippen LogP contribution is -2.24. The van der Waals surface area contributed by atoms with Gasteiger partial charge in [-0.2, -0.15) is 0 Å². The molecule has 1 unspecified atom stereocenters. The molecule has 2 aliphatic rings. The zero-order valence-electron chi connectivity index (χ0n) is 24.5. The Hall–Kier alpha value is -3.22. The van der Waals surface area contributed by atoms with Crippen molar-refractivity contribution in [2.24, 2.45) is 5.92 Å². The van der Waals surface area contributed by atoms with Crippen molar-refractivity contribution in [2.45, 2.75) is 59.1 Å². The van der Waals surface area contributed by atoms with Crippen molar-refractivity contribution in [2.75, 3.05) is 33.4 Å². The number of carbonyl (C=O) groups is 1. The van der Waals surface area contributed by atoms with Gasteiger partial charge in [-0.05, 0) is 86.0 Å². The van der Waals surface area contributed by atoms with E-state index >= 15 is 0 Å². The van der Waals surface area contributed by atoms with E-state index in [0.29, 0.717) is 37.1 Å². The average molecular weight is 578 g/mol. The van der Waals surface area contributed by atoms with Crippen LogP contribution in [0.4, 0.5) is 0 Å². The highest BCUT2D eigenvalue weighted by Crippen LogP contribution is 2.44. The lowest BCUT2D eigenvalue weighted by atomic mass is 9.93. The van der Waals surface area contributed by atoms with Crippen molar-refractivity contribution in [3.8, 4) is 28.4 Å². The van der Waals surface area contributed by atoms with E-state index in [0.717, 1.165) is 54.9 Å². The number of ether oxygens (including phenoxy) is 4. The summed E-state index contributed by atoms with van der Waals surface area (Å²) in [6, 6.07) is 16.7. The molecule has 1 aliphatic carbocycles. The predicted molar refractivity (Wildman–Crippen MR) is 162 cm³/mol. The quantitative estimate of drug-likeness (QED) is 0.219. The minimum absolute atomic E-state index is 0.0870. The van der Waals surface area contributed by atoms with E-state index < -0.39 is 0 Å². The third-order valence-electron chi connectivity index (χ3n) is 8.14. The summed E-state index contributed by atoms with van der Waals surface area (Å²) in [7, 11) is 1.45. The number of likely N-dealkylation sites (tertiary alicyclic amines) is 1. The summed E-state index contributed by atoms with van der Waals surface area (Å²) in [6.45, 7) is 9.63. The molecule has 1 aliphatic heterocycles. The molecule has 0 spiro atoms. The highest BCUT2D eigenvalue weighted by atomic mass is 35.5. The molecule has 3 aromatic rings. The molecule has 1 fully saturated rings. The van der Waals surface area contributed by atoms with Crippen LogP contribution in [0.2, 0.25) is 5.02 Å². The number of carbonyl (C=O) groups excluding carboxylic acids is 1. The van der Waals surface area contributed by atoms with Gasteiger partial charge in [-0.15, -0.1) is 0 Å².